The first kappa shape index (κ1) is 23.7. The summed E-state index contributed by atoms with van der Waals surface area (Å²) < 4.78 is 2.16. The molecule has 3 aromatic rings. The second-order valence-electron chi connectivity index (χ2n) is 7.91. The smallest absolute Gasteiger partial charge is 0.160 e. The average molecular weight is 423 g/mol. The minimum atomic E-state index is 0.559. The van der Waals surface area contributed by atoms with Gasteiger partial charge in [-0.3, -0.25) is 9.56 Å². The molecule has 1 aliphatic heterocycles. The third kappa shape index (κ3) is 5.33. The maximum absolute atomic E-state index is 4.89. The Bertz CT molecular complexity index is 1030. The van der Waals surface area contributed by atoms with Crippen molar-refractivity contribution in [1.82, 2.24) is 14.8 Å². The van der Waals surface area contributed by atoms with Crippen molar-refractivity contribution < 1.29 is 0 Å². The number of benzene rings is 1. The van der Waals surface area contributed by atoms with Crippen molar-refractivity contribution in [3.8, 4) is 5.00 Å². The summed E-state index contributed by atoms with van der Waals surface area (Å²) in [6.45, 7) is 20.8. The molecule has 0 spiro atoms. The quantitative estimate of drug-likeness (QED) is 0.400. The van der Waals surface area contributed by atoms with Gasteiger partial charge in [-0.1, -0.05) is 55.7 Å². The van der Waals surface area contributed by atoms with Crippen LogP contribution < -0.4 is 0 Å². The molecule has 0 atom stereocenters. The number of fused-ring (bicyclic) bond motifs is 3. The first-order chi connectivity index (χ1) is 14.2. The molecular formula is C25H34N4S. The summed E-state index contributed by atoms with van der Waals surface area (Å²) in [5.41, 5.74) is 7.17. The van der Waals surface area contributed by atoms with Crippen LogP contribution in [0.15, 0.2) is 41.4 Å². The van der Waals surface area contributed by atoms with Gasteiger partial charge >= 0.3 is 0 Å². The third-order valence-electron chi connectivity index (χ3n) is 4.40. The van der Waals surface area contributed by atoms with Gasteiger partial charge < -0.3 is 0 Å². The van der Waals surface area contributed by atoms with Gasteiger partial charge in [0.15, 0.2) is 5.82 Å². The highest BCUT2D eigenvalue weighted by atomic mass is 32.1. The number of thiophene rings is 1. The monoisotopic (exact) mass is 422 g/mol. The first-order valence-corrected chi connectivity index (χ1v) is 11.3. The highest BCUT2D eigenvalue weighted by Gasteiger charge is 2.26. The van der Waals surface area contributed by atoms with Crippen LogP contribution in [0.4, 0.5) is 0 Å². The molecule has 0 N–H and O–H groups in total. The van der Waals surface area contributed by atoms with E-state index >= 15 is 0 Å². The summed E-state index contributed by atoms with van der Waals surface area (Å²) >= 11 is 1.80. The Hall–Kier alpha value is -2.53. The van der Waals surface area contributed by atoms with E-state index in [1.54, 1.807) is 11.3 Å². The van der Waals surface area contributed by atoms with Crippen LogP contribution in [-0.2, 0) is 6.54 Å². The van der Waals surface area contributed by atoms with Crippen LogP contribution in [0.5, 0.6) is 0 Å². The lowest BCUT2D eigenvalue weighted by Crippen LogP contribution is -2.07. The molecule has 0 bridgehead atoms. The predicted molar refractivity (Wildman–Crippen MR) is 130 cm³/mol. The van der Waals surface area contributed by atoms with Crippen molar-refractivity contribution in [2.75, 3.05) is 0 Å². The SMILES string of the molecule is C=C(C)C.CCC.Cc1ccc(C2=NCc3nnc(C)n3-c3sc(C)c(C)c32)cc1. The lowest BCUT2D eigenvalue weighted by Gasteiger charge is -2.09. The van der Waals surface area contributed by atoms with Gasteiger partial charge in [0.05, 0.1) is 5.71 Å². The van der Waals surface area contributed by atoms with E-state index in [-0.39, 0.29) is 0 Å². The molecule has 3 heterocycles. The molecular weight excluding hydrogens is 388 g/mol. The molecule has 0 saturated heterocycles. The number of aromatic nitrogens is 3. The van der Waals surface area contributed by atoms with Crippen molar-refractivity contribution in [2.45, 2.75) is 68.4 Å². The third-order valence-corrected chi connectivity index (χ3v) is 5.59. The van der Waals surface area contributed by atoms with Gasteiger partial charge in [0, 0.05) is 16.0 Å². The van der Waals surface area contributed by atoms with E-state index in [1.165, 1.54) is 38.6 Å². The lowest BCUT2D eigenvalue weighted by molar-refractivity contribution is 0.869. The molecule has 0 fully saturated rings. The second-order valence-corrected chi connectivity index (χ2v) is 9.11. The van der Waals surface area contributed by atoms with Crippen LogP contribution in [0.2, 0.25) is 0 Å². The topological polar surface area (TPSA) is 43.1 Å². The van der Waals surface area contributed by atoms with E-state index in [9.17, 15) is 0 Å². The summed E-state index contributed by atoms with van der Waals surface area (Å²) in [6.07, 6.45) is 1.25. The van der Waals surface area contributed by atoms with E-state index in [4.69, 9.17) is 4.99 Å². The Morgan fingerprint density at radius 1 is 1.03 bits per heavy atom. The Morgan fingerprint density at radius 2 is 1.60 bits per heavy atom. The number of rotatable bonds is 1. The number of hydrogen-bond acceptors (Lipinski definition) is 4. The number of nitrogens with zero attached hydrogens (tertiary/aromatic N) is 4. The number of hydrogen-bond donors (Lipinski definition) is 0. The predicted octanol–water partition coefficient (Wildman–Crippen LogP) is 6.91. The van der Waals surface area contributed by atoms with E-state index in [1.807, 2.05) is 20.8 Å². The van der Waals surface area contributed by atoms with Crippen molar-refractivity contribution in [2.24, 2.45) is 4.99 Å². The zero-order chi connectivity index (χ0) is 22.4. The van der Waals surface area contributed by atoms with Gasteiger partial charge in [0.1, 0.15) is 17.4 Å². The molecule has 0 radical (unpaired) electrons. The number of allylic oxidation sites excluding steroid dienone is 1. The summed E-state index contributed by atoms with van der Waals surface area (Å²) in [6, 6.07) is 8.60. The summed E-state index contributed by atoms with van der Waals surface area (Å²) in [5.74, 6) is 1.83. The molecule has 4 nitrogen and oxygen atoms in total. The summed E-state index contributed by atoms with van der Waals surface area (Å²) in [4.78, 5) is 6.21. The van der Waals surface area contributed by atoms with Crippen molar-refractivity contribution >= 4 is 17.0 Å². The standard InChI is InChI=1S/C18H18N4S.C4H8.C3H8/c1-10-5-7-14(8-6-10)17-16-11(2)12(3)23-18(16)22-13(4)20-21-15(22)9-19-17;1-4(2)3;1-3-2/h5-8H,9H2,1-4H3;1H2,2-3H3;3H2,1-2H3. The van der Waals surface area contributed by atoms with Crippen LogP contribution in [0.3, 0.4) is 0 Å². The van der Waals surface area contributed by atoms with Crippen molar-refractivity contribution in [3.05, 3.63) is 75.2 Å². The molecule has 1 aliphatic rings. The molecule has 160 valence electrons. The second kappa shape index (κ2) is 10.5. The van der Waals surface area contributed by atoms with Crippen LogP contribution in [0.1, 0.15) is 72.9 Å². The van der Waals surface area contributed by atoms with Crippen LogP contribution in [-0.4, -0.2) is 20.5 Å². The minimum Gasteiger partial charge on any atom is -0.276 e. The van der Waals surface area contributed by atoms with E-state index < -0.39 is 0 Å². The zero-order valence-corrected chi connectivity index (χ0v) is 20.4. The largest absolute Gasteiger partial charge is 0.276 e. The van der Waals surface area contributed by atoms with Crippen molar-refractivity contribution in [1.29, 1.82) is 0 Å². The van der Waals surface area contributed by atoms with Crippen molar-refractivity contribution in [3.63, 3.8) is 0 Å². The fraction of sp³-hybridized carbons (Fsp3) is 0.400. The Balaban J connectivity index is 0.000000403. The molecule has 2 aromatic heterocycles. The van der Waals surface area contributed by atoms with Gasteiger partial charge in [-0.25, -0.2) is 0 Å². The Kier molecular flexibility index (Phi) is 8.30. The molecule has 0 unspecified atom stereocenters. The summed E-state index contributed by atoms with van der Waals surface area (Å²) in [5, 5.41) is 9.74. The molecule has 30 heavy (non-hydrogen) atoms. The Morgan fingerprint density at radius 3 is 2.17 bits per heavy atom. The molecule has 0 aliphatic carbocycles. The Labute approximate surface area is 185 Å². The van der Waals surface area contributed by atoms with Gasteiger partial charge in [-0.2, -0.15) is 0 Å². The lowest BCUT2D eigenvalue weighted by atomic mass is 9.99. The zero-order valence-electron chi connectivity index (χ0n) is 19.6. The highest BCUT2D eigenvalue weighted by Crippen LogP contribution is 2.36. The molecule has 1 aromatic carbocycles. The number of aryl methyl sites for hydroxylation is 3. The fourth-order valence-corrected chi connectivity index (χ4v) is 4.22. The molecule has 0 saturated carbocycles. The van der Waals surface area contributed by atoms with Gasteiger partial charge in [0.25, 0.3) is 0 Å². The maximum Gasteiger partial charge on any atom is 0.160 e. The van der Waals surface area contributed by atoms with Crippen LogP contribution in [0.25, 0.3) is 5.00 Å². The fourth-order valence-electron chi connectivity index (χ4n) is 2.99. The average Bonchev–Trinajstić information content (AvgIpc) is 3.11. The van der Waals surface area contributed by atoms with Crippen LogP contribution in [0, 0.1) is 27.7 Å². The van der Waals surface area contributed by atoms with E-state index in [0.29, 0.717) is 6.54 Å². The molecule has 5 heteroatoms. The molecule has 4 rings (SSSR count). The first-order valence-electron chi connectivity index (χ1n) is 10.5. The van der Waals surface area contributed by atoms with E-state index in [2.05, 4.69) is 80.2 Å². The number of aliphatic imine (C=N–C) groups is 1. The van der Waals surface area contributed by atoms with E-state index in [0.717, 1.165) is 22.9 Å². The normalized spacial score (nSPS) is 11.7. The molecule has 0 amide bonds. The summed E-state index contributed by atoms with van der Waals surface area (Å²) in [7, 11) is 0. The van der Waals surface area contributed by atoms with Gasteiger partial charge in [-0.05, 0) is 47.1 Å². The van der Waals surface area contributed by atoms with Gasteiger partial charge in [-0.15, -0.1) is 28.1 Å². The van der Waals surface area contributed by atoms with Crippen LogP contribution >= 0.6 is 11.3 Å². The minimum absolute atomic E-state index is 0.559. The highest BCUT2D eigenvalue weighted by molar-refractivity contribution is 7.15. The van der Waals surface area contributed by atoms with Gasteiger partial charge in [0.2, 0.25) is 0 Å². The maximum atomic E-state index is 4.89.